The Morgan fingerprint density at radius 2 is 0.971 bits per heavy atom. The number of rotatable bonds is 17. The fraction of sp³-hybridized carbons (Fsp3) is 0.226. The molecule has 70 heavy (non-hydrogen) atoms. The van der Waals surface area contributed by atoms with Crippen molar-refractivity contribution in [2.45, 2.75) is 91.9 Å². The average Bonchev–Trinajstić information content (AvgIpc) is 3.70. The molecule has 8 heteroatoms. The molecule has 0 aliphatic carbocycles. The number of fused-ring (bicyclic) bond motifs is 3. The lowest BCUT2D eigenvalue weighted by Gasteiger charge is -2.32. The van der Waals surface area contributed by atoms with Crippen molar-refractivity contribution in [2.24, 2.45) is 0 Å². The number of hydrogen-bond acceptors (Lipinski definition) is 3. The van der Waals surface area contributed by atoms with Crippen LogP contribution in [0.15, 0.2) is 146 Å². The molecule has 0 atom stereocenters. The van der Waals surface area contributed by atoms with E-state index in [1.807, 2.05) is 12.1 Å². The summed E-state index contributed by atoms with van der Waals surface area (Å²) < 4.78 is 2.43. The zero-order chi connectivity index (χ0) is 49.1. The second-order valence-electron chi connectivity index (χ2n) is 20.0. The van der Waals surface area contributed by atoms with Crippen LogP contribution < -0.4 is 38.2 Å². The van der Waals surface area contributed by atoms with Gasteiger partial charge in [0, 0.05) is 44.9 Å². The minimum absolute atomic E-state index is 0.778. The predicted molar refractivity (Wildman–Crippen MR) is 318 cm³/mol. The normalized spacial score (nSPS) is 11.5. The Hall–Kier alpha value is -6.78. The summed E-state index contributed by atoms with van der Waals surface area (Å²) in [6, 6.07) is 54.7. The Balaban J connectivity index is 1.16. The van der Waals surface area contributed by atoms with Crippen molar-refractivity contribution in [3.63, 3.8) is 0 Å². The summed E-state index contributed by atoms with van der Waals surface area (Å²) in [5, 5.41) is 2.55. The molecule has 0 spiro atoms. The largest absolute Gasteiger partial charge is 0.400 e. The van der Waals surface area contributed by atoms with E-state index in [1.165, 1.54) is 146 Å². The van der Waals surface area contributed by atoms with Crippen LogP contribution in [0.25, 0.3) is 60.9 Å². The summed E-state index contributed by atoms with van der Waals surface area (Å²) in [5.74, 6) is 0. The Morgan fingerprint density at radius 1 is 0.457 bits per heavy atom. The SMILES string of the molecule is Bc1c(B)c(N(c2ccc(-c3cc(CCCCCC)c(-c4ccc5c(c4)c4ccccc4n5-c4ccc(-c5ccc(N)cc5)cc4)cc3CCCCCC)cc2)c2cc(C)cc(C)c2)c(B)c(B)c1N. The van der Waals surface area contributed by atoms with Gasteiger partial charge >= 0.3 is 0 Å². The molecule has 0 bridgehead atoms. The first kappa shape index (κ1) is 48.3. The third-order valence-corrected chi connectivity index (χ3v) is 15.0. The van der Waals surface area contributed by atoms with Gasteiger partial charge in [-0.2, -0.15) is 0 Å². The highest BCUT2D eigenvalue weighted by atomic mass is 15.1. The van der Waals surface area contributed by atoms with Crippen molar-refractivity contribution >= 4 is 103 Å². The van der Waals surface area contributed by atoms with Gasteiger partial charge in [0.15, 0.2) is 0 Å². The molecule has 0 aliphatic heterocycles. The topological polar surface area (TPSA) is 60.2 Å². The molecule has 0 saturated heterocycles. The van der Waals surface area contributed by atoms with E-state index in [0.29, 0.717) is 0 Å². The van der Waals surface area contributed by atoms with Gasteiger partial charge in [-0.1, -0.05) is 153 Å². The van der Waals surface area contributed by atoms with Gasteiger partial charge in [-0.3, -0.25) is 0 Å². The van der Waals surface area contributed by atoms with Crippen molar-refractivity contribution in [3.05, 3.63) is 168 Å². The van der Waals surface area contributed by atoms with Crippen LogP contribution >= 0.6 is 0 Å². The van der Waals surface area contributed by atoms with Crippen LogP contribution in [0.4, 0.5) is 28.4 Å². The Labute approximate surface area is 421 Å². The summed E-state index contributed by atoms with van der Waals surface area (Å²) >= 11 is 0. The first-order chi connectivity index (χ1) is 33.9. The van der Waals surface area contributed by atoms with Gasteiger partial charge in [0.1, 0.15) is 31.4 Å². The molecular formula is C62H68B4N4. The number of benzene rings is 8. The molecule has 9 rings (SSSR count). The molecule has 1 aromatic heterocycles. The van der Waals surface area contributed by atoms with Gasteiger partial charge in [0.2, 0.25) is 0 Å². The maximum atomic E-state index is 6.70. The van der Waals surface area contributed by atoms with E-state index in [2.05, 4.69) is 202 Å². The van der Waals surface area contributed by atoms with Gasteiger partial charge in [-0.05, 0) is 162 Å². The van der Waals surface area contributed by atoms with Gasteiger partial charge in [0.25, 0.3) is 0 Å². The summed E-state index contributed by atoms with van der Waals surface area (Å²) in [4.78, 5) is 2.46. The molecule has 0 saturated carbocycles. The van der Waals surface area contributed by atoms with Crippen molar-refractivity contribution in [1.29, 1.82) is 0 Å². The lowest BCUT2D eigenvalue weighted by atomic mass is 9.67. The highest BCUT2D eigenvalue weighted by Gasteiger charge is 2.23. The van der Waals surface area contributed by atoms with E-state index in [1.54, 1.807) is 0 Å². The lowest BCUT2D eigenvalue weighted by Crippen LogP contribution is -2.46. The molecule has 4 N–H and O–H groups in total. The first-order valence-corrected chi connectivity index (χ1v) is 26.0. The smallest absolute Gasteiger partial charge is 0.141 e. The van der Waals surface area contributed by atoms with Crippen LogP contribution in [0.3, 0.4) is 0 Å². The second kappa shape index (κ2) is 21.1. The molecule has 4 nitrogen and oxygen atoms in total. The quantitative estimate of drug-likeness (QED) is 0.0544. The monoisotopic (exact) mass is 913 g/mol. The summed E-state index contributed by atoms with van der Waals surface area (Å²) in [7, 11) is 8.78. The van der Waals surface area contributed by atoms with Crippen LogP contribution in [-0.4, -0.2) is 36.0 Å². The van der Waals surface area contributed by atoms with E-state index in [9.17, 15) is 0 Å². The number of para-hydroxylation sites is 1. The molecule has 8 aromatic carbocycles. The number of hydrogen-bond donors (Lipinski definition) is 2. The van der Waals surface area contributed by atoms with Crippen molar-refractivity contribution in [2.75, 3.05) is 16.4 Å². The molecule has 0 fully saturated rings. The summed E-state index contributed by atoms with van der Waals surface area (Å²) in [6.07, 6.45) is 11.9. The van der Waals surface area contributed by atoms with E-state index in [-0.39, 0.29) is 0 Å². The number of anilines is 5. The highest BCUT2D eigenvalue weighted by Crippen LogP contribution is 2.41. The van der Waals surface area contributed by atoms with E-state index in [4.69, 9.17) is 11.5 Å². The Kier molecular flexibility index (Phi) is 14.5. The van der Waals surface area contributed by atoms with Gasteiger partial charge in [-0.25, -0.2) is 0 Å². The Bertz CT molecular complexity index is 3270. The predicted octanol–water partition coefficient (Wildman–Crippen LogP) is 10.3. The fourth-order valence-electron chi connectivity index (χ4n) is 11.0. The second-order valence-corrected chi connectivity index (χ2v) is 20.0. The summed E-state index contributed by atoms with van der Waals surface area (Å²) in [6.45, 7) is 9.00. The van der Waals surface area contributed by atoms with Gasteiger partial charge in [0.05, 0.1) is 11.0 Å². The maximum absolute atomic E-state index is 6.70. The third-order valence-electron chi connectivity index (χ3n) is 15.0. The van der Waals surface area contributed by atoms with Crippen molar-refractivity contribution in [1.82, 2.24) is 4.57 Å². The van der Waals surface area contributed by atoms with Gasteiger partial charge < -0.3 is 20.9 Å². The zero-order valence-corrected chi connectivity index (χ0v) is 43.0. The number of aryl methyl sites for hydroxylation is 4. The molecule has 9 aromatic rings. The van der Waals surface area contributed by atoms with Crippen LogP contribution in [0.5, 0.6) is 0 Å². The molecule has 0 aliphatic rings. The van der Waals surface area contributed by atoms with Crippen LogP contribution in [0.2, 0.25) is 0 Å². The van der Waals surface area contributed by atoms with Gasteiger partial charge in [-0.15, -0.1) is 0 Å². The lowest BCUT2D eigenvalue weighted by molar-refractivity contribution is 0.664. The minimum Gasteiger partial charge on any atom is -0.400 e. The first-order valence-electron chi connectivity index (χ1n) is 26.0. The molecule has 0 unspecified atom stereocenters. The van der Waals surface area contributed by atoms with Crippen LogP contribution in [0, 0.1) is 13.8 Å². The van der Waals surface area contributed by atoms with E-state index in [0.717, 1.165) is 52.1 Å². The molecule has 1 heterocycles. The van der Waals surface area contributed by atoms with Crippen LogP contribution in [0.1, 0.15) is 87.5 Å². The van der Waals surface area contributed by atoms with E-state index < -0.39 is 0 Å². The molecular weight excluding hydrogens is 844 g/mol. The minimum atomic E-state index is 0.778. The molecule has 348 valence electrons. The van der Waals surface area contributed by atoms with Crippen molar-refractivity contribution in [3.8, 4) is 39.1 Å². The van der Waals surface area contributed by atoms with Crippen LogP contribution in [-0.2, 0) is 12.8 Å². The zero-order valence-electron chi connectivity index (χ0n) is 43.0. The number of nitrogens with zero attached hydrogens (tertiary/aromatic N) is 2. The number of nitrogen functional groups attached to an aromatic ring is 2. The number of nitrogens with two attached hydrogens (primary N) is 2. The molecule has 0 radical (unpaired) electrons. The number of unbranched alkanes of at least 4 members (excludes halogenated alkanes) is 6. The van der Waals surface area contributed by atoms with E-state index >= 15 is 0 Å². The average molecular weight is 913 g/mol. The maximum Gasteiger partial charge on any atom is 0.141 e. The summed E-state index contributed by atoms with van der Waals surface area (Å²) in [5.41, 5.74) is 39.2. The Morgan fingerprint density at radius 3 is 1.56 bits per heavy atom. The van der Waals surface area contributed by atoms with Crippen molar-refractivity contribution < 1.29 is 0 Å². The fourth-order valence-corrected chi connectivity index (χ4v) is 11.0. The standard InChI is InChI=1S/C62H68B4N4/c1-5-7-9-11-15-44-37-53(46-25-32-56-54(38-46)51-17-13-14-18-55(51)70(56)49-28-21-42(22-29-49)41-19-26-47(67)27-20-41)45(16-12-10-8-6-2)36-52(44)43-23-30-48(31-24-43)69(50-34-39(3)33-40(4)35-50)62-59(65)57(63)61(68)58(64)60(62)66/h13-14,17-38H,5-12,15-16,63-68H2,1-4H3. The number of aromatic nitrogens is 1. The molecule has 0 amide bonds. The highest BCUT2D eigenvalue weighted by molar-refractivity contribution is 6.62. The third kappa shape index (κ3) is 9.71.